The van der Waals surface area contributed by atoms with E-state index in [1.807, 2.05) is 42.5 Å². The van der Waals surface area contributed by atoms with Gasteiger partial charge in [0.15, 0.2) is 5.78 Å². The van der Waals surface area contributed by atoms with Crippen LogP contribution in [-0.2, 0) is 5.41 Å². The molecule has 0 aliphatic heterocycles. The standard InChI is InChI=1S/C24H23NO2/c1-24(2,3)19-15-13-18(14-16-19)23(27)25-21-12-8-7-11-20(21)22(26)17-9-5-4-6-10-17/h4-16H,1-3H3,(H,25,27). The molecule has 136 valence electrons. The molecule has 0 radical (unpaired) electrons. The van der Waals surface area contributed by atoms with Gasteiger partial charge in [-0.3, -0.25) is 9.59 Å². The molecule has 3 aromatic rings. The average molecular weight is 357 g/mol. The van der Waals surface area contributed by atoms with Crippen LogP contribution in [0.3, 0.4) is 0 Å². The first-order valence-electron chi connectivity index (χ1n) is 8.97. The van der Waals surface area contributed by atoms with E-state index in [0.717, 1.165) is 0 Å². The number of anilines is 1. The number of hydrogen-bond donors (Lipinski definition) is 1. The highest BCUT2D eigenvalue weighted by Crippen LogP contribution is 2.23. The first-order chi connectivity index (χ1) is 12.9. The fourth-order valence-corrected chi connectivity index (χ4v) is 2.85. The van der Waals surface area contributed by atoms with E-state index in [-0.39, 0.29) is 17.1 Å². The van der Waals surface area contributed by atoms with E-state index in [1.54, 1.807) is 36.4 Å². The molecule has 0 heterocycles. The first kappa shape index (κ1) is 18.6. The molecule has 0 saturated heterocycles. The van der Waals surface area contributed by atoms with Crippen LogP contribution >= 0.6 is 0 Å². The van der Waals surface area contributed by atoms with Crippen LogP contribution in [0.15, 0.2) is 78.9 Å². The van der Waals surface area contributed by atoms with Crippen LogP contribution in [0, 0.1) is 0 Å². The normalized spacial score (nSPS) is 11.1. The average Bonchev–Trinajstić information content (AvgIpc) is 2.68. The van der Waals surface area contributed by atoms with Crippen LogP contribution in [0.1, 0.15) is 52.6 Å². The number of hydrogen-bond acceptors (Lipinski definition) is 2. The molecule has 3 nitrogen and oxygen atoms in total. The molecule has 0 aromatic heterocycles. The molecular formula is C24H23NO2. The maximum absolute atomic E-state index is 12.8. The summed E-state index contributed by atoms with van der Waals surface area (Å²) in [6.45, 7) is 6.40. The minimum Gasteiger partial charge on any atom is -0.321 e. The number of carbonyl (C=O) groups excluding carboxylic acids is 2. The molecule has 0 aliphatic carbocycles. The number of carbonyl (C=O) groups is 2. The number of ketones is 1. The lowest BCUT2D eigenvalue weighted by atomic mass is 9.86. The molecule has 0 bridgehead atoms. The Balaban J connectivity index is 1.84. The molecule has 3 heteroatoms. The second-order valence-electron chi connectivity index (χ2n) is 7.52. The molecule has 0 saturated carbocycles. The highest BCUT2D eigenvalue weighted by molar-refractivity contribution is 6.15. The van der Waals surface area contributed by atoms with E-state index in [0.29, 0.717) is 22.4 Å². The lowest BCUT2D eigenvalue weighted by molar-refractivity contribution is 0.102. The Kier molecular flexibility index (Phi) is 5.22. The Hall–Kier alpha value is -3.20. The van der Waals surface area contributed by atoms with Gasteiger partial charge >= 0.3 is 0 Å². The van der Waals surface area contributed by atoms with Gasteiger partial charge in [0.2, 0.25) is 0 Å². The van der Waals surface area contributed by atoms with Crippen molar-refractivity contribution in [3.8, 4) is 0 Å². The lowest BCUT2D eigenvalue weighted by Gasteiger charge is -2.19. The summed E-state index contributed by atoms with van der Waals surface area (Å²) in [6, 6.07) is 23.7. The van der Waals surface area contributed by atoms with Crippen molar-refractivity contribution < 1.29 is 9.59 Å². The Bertz CT molecular complexity index is 952. The molecular weight excluding hydrogens is 334 g/mol. The van der Waals surface area contributed by atoms with Crippen LogP contribution in [0.2, 0.25) is 0 Å². The van der Waals surface area contributed by atoms with E-state index in [1.165, 1.54) is 5.56 Å². The first-order valence-corrected chi connectivity index (χ1v) is 8.97. The van der Waals surface area contributed by atoms with Crippen molar-refractivity contribution in [3.63, 3.8) is 0 Å². The van der Waals surface area contributed by atoms with Gasteiger partial charge in [0.25, 0.3) is 5.91 Å². The molecule has 3 aromatic carbocycles. The summed E-state index contributed by atoms with van der Waals surface area (Å²) in [5.41, 5.74) is 3.33. The van der Waals surface area contributed by atoms with Crippen molar-refractivity contribution in [2.45, 2.75) is 26.2 Å². The van der Waals surface area contributed by atoms with Gasteiger partial charge < -0.3 is 5.32 Å². The molecule has 1 amide bonds. The number of amides is 1. The van der Waals surface area contributed by atoms with E-state index in [4.69, 9.17) is 0 Å². The third kappa shape index (κ3) is 4.32. The van der Waals surface area contributed by atoms with Gasteiger partial charge in [-0.1, -0.05) is 75.4 Å². The second-order valence-corrected chi connectivity index (χ2v) is 7.52. The summed E-state index contributed by atoms with van der Waals surface area (Å²) in [4.78, 5) is 25.5. The van der Waals surface area contributed by atoms with Crippen LogP contribution in [0.25, 0.3) is 0 Å². The van der Waals surface area contributed by atoms with Gasteiger partial charge in [-0.15, -0.1) is 0 Å². The van der Waals surface area contributed by atoms with Crippen LogP contribution in [0.5, 0.6) is 0 Å². The van der Waals surface area contributed by atoms with Gasteiger partial charge in [0.1, 0.15) is 0 Å². The third-order valence-electron chi connectivity index (χ3n) is 4.47. The van der Waals surface area contributed by atoms with Crippen molar-refractivity contribution in [1.82, 2.24) is 0 Å². The zero-order valence-electron chi connectivity index (χ0n) is 15.8. The zero-order valence-corrected chi connectivity index (χ0v) is 15.8. The Morgan fingerprint density at radius 1 is 0.704 bits per heavy atom. The van der Waals surface area contributed by atoms with Crippen molar-refractivity contribution in [3.05, 3.63) is 101 Å². The molecule has 0 spiro atoms. The SMILES string of the molecule is CC(C)(C)c1ccc(C(=O)Nc2ccccc2C(=O)c2ccccc2)cc1. The van der Waals surface area contributed by atoms with Crippen molar-refractivity contribution in [2.75, 3.05) is 5.32 Å². The zero-order chi connectivity index (χ0) is 19.4. The molecule has 3 rings (SSSR count). The van der Waals surface area contributed by atoms with E-state index >= 15 is 0 Å². The van der Waals surface area contributed by atoms with E-state index in [2.05, 4.69) is 26.1 Å². The van der Waals surface area contributed by atoms with Gasteiger partial charge in [-0.05, 0) is 35.2 Å². The Labute approximate surface area is 160 Å². The summed E-state index contributed by atoms with van der Waals surface area (Å²) < 4.78 is 0. The van der Waals surface area contributed by atoms with Crippen molar-refractivity contribution >= 4 is 17.4 Å². The Morgan fingerprint density at radius 2 is 1.30 bits per heavy atom. The van der Waals surface area contributed by atoms with Gasteiger partial charge in [-0.2, -0.15) is 0 Å². The molecule has 0 fully saturated rings. The van der Waals surface area contributed by atoms with Gasteiger partial charge in [0.05, 0.1) is 5.69 Å². The fourth-order valence-electron chi connectivity index (χ4n) is 2.85. The molecule has 0 unspecified atom stereocenters. The summed E-state index contributed by atoms with van der Waals surface area (Å²) in [5.74, 6) is -0.349. The predicted octanol–water partition coefficient (Wildman–Crippen LogP) is 5.47. The van der Waals surface area contributed by atoms with Gasteiger partial charge in [-0.25, -0.2) is 0 Å². The van der Waals surface area contributed by atoms with E-state index < -0.39 is 0 Å². The Morgan fingerprint density at radius 3 is 1.93 bits per heavy atom. The predicted molar refractivity (Wildman–Crippen MR) is 109 cm³/mol. The second kappa shape index (κ2) is 7.58. The van der Waals surface area contributed by atoms with Crippen LogP contribution in [0.4, 0.5) is 5.69 Å². The minimum absolute atomic E-state index is 0.0315. The summed E-state index contributed by atoms with van der Waals surface area (Å²) in [5, 5.41) is 2.88. The quantitative estimate of drug-likeness (QED) is 0.630. The van der Waals surface area contributed by atoms with Gasteiger partial charge in [0, 0.05) is 16.7 Å². The topological polar surface area (TPSA) is 46.2 Å². The monoisotopic (exact) mass is 357 g/mol. The number of rotatable bonds is 4. The third-order valence-corrected chi connectivity index (χ3v) is 4.47. The summed E-state index contributed by atoms with van der Waals surface area (Å²) in [6.07, 6.45) is 0. The lowest BCUT2D eigenvalue weighted by Crippen LogP contribution is -2.16. The van der Waals surface area contributed by atoms with Crippen LogP contribution < -0.4 is 5.32 Å². The highest BCUT2D eigenvalue weighted by Gasteiger charge is 2.17. The maximum Gasteiger partial charge on any atom is 0.255 e. The fraction of sp³-hybridized carbons (Fsp3) is 0.167. The largest absolute Gasteiger partial charge is 0.321 e. The number of benzene rings is 3. The molecule has 0 aliphatic rings. The van der Waals surface area contributed by atoms with Crippen molar-refractivity contribution in [1.29, 1.82) is 0 Å². The van der Waals surface area contributed by atoms with Crippen LogP contribution in [-0.4, -0.2) is 11.7 Å². The smallest absolute Gasteiger partial charge is 0.255 e. The molecule has 27 heavy (non-hydrogen) atoms. The molecule has 1 N–H and O–H groups in total. The van der Waals surface area contributed by atoms with Crippen molar-refractivity contribution in [2.24, 2.45) is 0 Å². The highest BCUT2D eigenvalue weighted by atomic mass is 16.1. The van der Waals surface area contributed by atoms with E-state index in [9.17, 15) is 9.59 Å². The number of nitrogens with one attached hydrogen (secondary N) is 1. The minimum atomic E-state index is -0.233. The summed E-state index contributed by atoms with van der Waals surface area (Å²) in [7, 11) is 0. The maximum atomic E-state index is 12.8. The summed E-state index contributed by atoms with van der Waals surface area (Å²) >= 11 is 0. The number of para-hydroxylation sites is 1. The molecule has 0 atom stereocenters.